The molecule has 0 fully saturated rings. The maximum absolute atomic E-state index is 4.75. The highest BCUT2D eigenvalue weighted by molar-refractivity contribution is 5.64. The Morgan fingerprint density at radius 3 is 2.27 bits per heavy atom. The number of rotatable bonds is 4. The van der Waals surface area contributed by atoms with Crippen molar-refractivity contribution in [2.75, 3.05) is 0 Å². The molecular formula is C20H20N2. The molecule has 0 N–H and O–H groups in total. The molecule has 0 unspecified atom stereocenters. The van der Waals surface area contributed by atoms with Crippen LogP contribution in [0.1, 0.15) is 19.5 Å². The molecule has 110 valence electrons. The van der Waals surface area contributed by atoms with Gasteiger partial charge in [-0.15, -0.1) is 0 Å². The lowest BCUT2D eigenvalue weighted by Gasteiger charge is -2.07. The van der Waals surface area contributed by atoms with E-state index >= 15 is 0 Å². The van der Waals surface area contributed by atoms with Gasteiger partial charge in [0.15, 0.2) is 0 Å². The van der Waals surface area contributed by atoms with Crippen LogP contribution in [0.4, 0.5) is 0 Å². The second-order valence-electron chi connectivity index (χ2n) is 5.91. The Labute approximate surface area is 131 Å². The van der Waals surface area contributed by atoms with Crippen LogP contribution in [0.5, 0.6) is 0 Å². The van der Waals surface area contributed by atoms with E-state index in [0.29, 0.717) is 5.92 Å². The van der Waals surface area contributed by atoms with E-state index in [9.17, 15) is 0 Å². The van der Waals surface area contributed by atoms with Crippen molar-refractivity contribution in [3.8, 4) is 22.5 Å². The highest BCUT2D eigenvalue weighted by atomic mass is 14.7. The molecule has 3 rings (SSSR count). The van der Waals surface area contributed by atoms with Gasteiger partial charge in [0.1, 0.15) is 0 Å². The molecule has 0 bridgehead atoms. The van der Waals surface area contributed by atoms with Crippen molar-refractivity contribution in [1.82, 2.24) is 9.97 Å². The summed E-state index contributed by atoms with van der Waals surface area (Å²) in [4.78, 5) is 9.32. The average Bonchev–Trinajstić information content (AvgIpc) is 2.55. The summed E-state index contributed by atoms with van der Waals surface area (Å²) < 4.78 is 0. The van der Waals surface area contributed by atoms with Crippen molar-refractivity contribution in [3.63, 3.8) is 0 Å². The third kappa shape index (κ3) is 3.40. The zero-order valence-corrected chi connectivity index (χ0v) is 13.0. The molecule has 2 nitrogen and oxygen atoms in total. The Morgan fingerprint density at radius 1 is 0.773 bits per heavy atom. The molecule has 0 saturated carbocycles. The Kier molecular flexibility index (Phi) is 4.29. The second kappa shape index (κ2) is 6.52. The molecule has 0 atom stereocenters. The largest absolute Gasteiger partial charge is 0.256 e. The van der Waals surface area contributed by atoms with Crippen LogP contribution in [0.3, 0.4) is 0 Å². The third-order valence-corrected chi connectivity index (χ3v) is 3.55. The van der Waals surface area contributed by atoms with E-state index in [2.05, 4.69) is 55.2 Å². The third-order valence-electron chi connectivity index (χ3n) is 3.55. The van der Waals surface area contributed by atoms with Crippen LogP contribution in [0, 0.1) is 5.92 Å². The molecule has 0 saturated heterocycles. The summed E-state index contributed by atoms with van der Waals surface area (Å²) in [5.74, 6) is 0.612. The van der Waals surface area contributed by atoms with Gasteiger partial charge in [0, 0.05) is 23.0 Å². The van der Waals surface area contributed by atoms with E-state index in [0.717, 1.165) is 34.6 Å². The molecule has 0 radical (unpaired) electrons. The topological polar surface area (TPSA) is 25.8 Å². The Balaban J connectivity index is 1.87. The number of hydrogen-bond acceptors (Lipinski definition) is 2. The minimum atomic E-state index is 0.612. The van der Waals surface area contributed by atoms with Crippen LogP contribution >= 0.6 is 0 Å². The number of pyridine rings is 2. The molecule has 0 aliphatic heterocycles. The van der Waals surface area contributed by atoms with Crippen molar-refractivity contribution < 1.29 is 0 Å². The van der Waals surface area contributed by atoms with E-state index in [1.165, 1.54) is 0 Å². The van der Waals surface area contributed by atoms with Gasteiger partial charge in [-0.1, -0.05) is 50.2 Å². The fourth-order valence-electron chi connectivity index (χ4n) is 2.50. The first-order chi connectivity index (χ1) is 10.7. The molecule has 0 spiro atoms. The SMILES string of the molecule is CC(C)Cc1cccc(-c2ccc(-c3ccccc3)nc2)n1. The normalized spacial score (nSPS) is 10.9. The lowest BCUT2D eigenvalue weighted by atomic mass is 10.1. The number of benzene rings is 1. The molecule has 0 amide bonds. The number of aromatic nitrogens is 2. The molecular weight excluding hydrogens is 268 g/mol. The van der Waals surface area contributed by atoms with Gasteiger partial charge in [0.2, 0.25) is 0 Å². The second-order valence-corrected chi connectivity index (χ2v) is 5.91. The Morgan fingerprint density at radius 2 is 1.59 bits per heavy atom. The summed E-state index contributed by atoms with van der Waals surface area (Å²) in [5, 5.41) is 0. The van der Waals surface area contributed by atoms with Crippen LogP contribution in [-0.4, -0.2) is 9.97 Å². The van der Waals surface area contributed by atoms with Crippen LogP contribution in [0.25, 0.3) is 22.5 Å². The van der Waals surface area contributed by atoms with Gasteiger partial charge < -0.3 is 0 Å². The molecule has 2 heteroatoms. The number of nitrogens with zero attached hydrogens (tertiary/aromatic N) is 2. The maximum Gasteiger partial charge on any atom is 0.0720 e. The Bertz CT molecular complexity index is 731. The van der Waals surface area contributed by atoms with Gasteiger partial charge in [-0.2, -0.15) is 0 Å². The first kappa shape index (κ1) is 14.5. The van der Waals surface area contributed by atoms with E-state index in [1.54, 1.807) is 0 Å². The summed E-state index contributed by atoms with van der Waals surface area (Å²) in [6, 6.07) is 20.6. The van der Waals surface area contributed by atoms with Gasteiger partial charge in [-0.25, -0.2) is 0 Å². The summed E-state index contributed by atoms with van der Waals surface area (Å²) in [6.45, 7) is 4.43. The van der Waals surface area contributed by atoms with Gasteiger partial charge in [-0.05, 0) is 36.6 Å². The van der Waals surface area contributed by atoms with Crippen molar-refractivity contribution in [2.45, 2.75) is 20.3 Å². The zero-order valence-electron chi connectivity index (χ0n) is 13.0. The van der Waals surface area contributed by atoms with Crippen LogP contribution in [-0.2, 0) is 6.42 Å². The van der Waals surface area contributed by atoms with Crippen LogP contribution < -0.4 is 0 Å². The van der Waals surface area contributed by atoms with Crippen molar-refractivity contribution in [3.05, 3.63) is 72.6 Å². The summed E-state index contributed by atoms with van der Waals surface area (Å²) in [7, 11) is 0. The molecule has 22 heavy (non-hydrogen) atoms. The fourth-order valence-corrected chi connectivity index (χ4v) is 2.50. The summed E-state index contributed by atoms with van der Waals surface area (Å²) in [6.07, 6.45) is 2.91. The molecule has 1 aromatic carbocycles. The summed E-state index contributed by atoms with van der Waals surface area (Å²) >= 11 is 0. The van der Waals surface area contributed by atoms with Crippen molar-refractivity contribution >= 4 is 0 Å². The quantitative estimate of drug-likeness (QED) is 0.674. The van der Waals surface area contributed by atoms with Crippen LogP contribution in [0.2, 0.25) is 0 Å². The van der Waals surface area contributed by atoms with E-state index in [1.807, 2.05) is 30.5 Å². The molecule has 3 aromatic rings. The van der Waals surface area contributed by atoms with Gasteiger partial charge >= 0.3 is 0 Å². The standard InChI is InChI=1S/C20H20N2/c1-15(2)13-18-9-6-10-20(22-18)17-11-12-19(21-14-17)16-7-4-3-5-8-16/h3-12,14-15H,13H2,1-2H3. The molecule has 2 aromatic heterocycles. The minimum absolute atomic E-state index is 0.612. The van der Waals surface area contributed by atoms with Gasteiger partial charge in [0.05, 0.1) is 11.4 Å². The first-order valence-electron chi connectivity index (χ1n) is 7.70. The van der Waals surface area contributed by atoms with E-state index < -0.39 is 0 Å². The monoisotopic (exact) mass is 288 g/mol. The lowest BCUT2D eigenvalue weighted by Crippen LogP contribution is -1.98. The average molecular weight is 288 g/mol. The highest BCUT2D eigenvalue weighted by Gasteiger charge is 2.05. The smallest absolute Gasteiger partial charge is 0.0720 e. The predicted molar refractivity (Wildman–Crippen MR) is 91.4 cm³/mol. The first-order valence-corrected chi connectivity index (χ1v) is 7.70. The number of hydrogen-bond donors (Lipinski definition) is 0. The lowest BCUT2D eigenvalue weighted by molar-refractivity contribution is 0.636. The van der Waals surface area contributed by atoms with Gasteiger partial charge in [0.25, 0.3) is 0 Å². The zero-order chi connectivity index (χ0) is 15.4. The Hall–Kier alpha value is -2.48. The van der Waals surface area contributed by atoms with E-state index in [4.69, 9.17) is 4.98 Å². The van der Waals surface area contributed by atoms with E-state index in [-0.39, 0.29) is 0 Å². The highest BCUT2D eigenvalue weighted by Crippen LogP contribution is 2.21. The maximum atomic E-state index is 4.75. The van der Waals surface area contributed by atoms with Gasteiger partial charge in [-0.3, -0.25) is 9.97 Å². The minimum Gasteiger partial charge on any atom is -0.256 e. The predicted octanol–water partition coefficient (Wildman–Crippen LogP) is 5.01. The van der Waals surface area contributed by atoms with Crippen molar-refractivity contribution in [2.24, 2.45) is 5.92 Å². The molecule has 0 aliphatic carbocycles. The fraction of sp³-hybridized carbons (Fsp3) is 0.200. The molecule has 0 aliphatic rings. The van der Waals surface area contributed by atoms with Crippen molar-refractivity contribution in [1.29, 1.82) is 0 Å². The van der Waals surface area contributed by atoms with Crippen LogP contribution in [0.15, 0.2) is 66.9 Å². The summed E-state index contributed by atoms with van der Waals surface area (Å²) in [5.41, 5.74) is 5.31. The molecule has 2 heterocycles.